The van der Waals surface area contributed by atoms with Crippen molar-refractivity contribution in [2.75, 3.05) is 26.7 Å². The van der Waals surface area contributed by atoms with E-state index in [1.165, 1.54) is 0 Å². The number of carbonyl (C=O) groups excluding carboxylic acids is 1. The third kappa shape index (κ3) is 2.72. The van der Waals surface area contributed by atoms with Crippen LogP contribution < -0.4 is 4.74 Å². The van der Waals surface area contributed by atoms with Crippen LogP contribution in [0.4, 0.5) is 0 Å². The van der Waals surface area contributed by atoms with Gasteiger partial charge in [0.05, 0.1) is 12.7 Å². The smallest absolute Gasteiger partial charge is 0.222 e. The molecule has 0 bridgehead atoms. The van der Waals surface area contributed by atoms with Gasteiger partial charge in [-0.1, -0.05) is 6.07 Å². The largest absolute Gasteiger partial charge is 0.495 e. The lowest BCUT2D eigenvalue weighted by Crippen LogP contribution is -2.50. The van der Waals surface area contributed by atoms with E-state index >= 15 is 0 Å². The SMILES string of the molecule is COc1ccc(CN2CCN3C(=O)CCC3C2)cc1C#N. The summed E-state index contributed by atoms with van der Waals surface area (Å²) in [5.74, 6) is 0.920. The maximum Gasteiger partial charge on any atom is 0.222 e. The van der Waals surface area contributed by atoms with Gasteiger partial charge in [0.25, 0.3) is 0 Å². The fraction of sp³-hybridized carbons (Fsp3) is 0.500. The molecule has 1 aromatic rings. The Balaban J connectivity index is 1.68. The van der Waals surface area contributed by atoms with Crippen LogP contribution in [0.15, 0.2) is 18.2 Å². The van der Waals surface area contributed by atoms with Crippen LogP contribution in [0.1, 0.15) is 24.0 Å². The van der Waals surface area contributed by atoms with E-state index < -0.39 is 0 Å². The highest BCUT2D eigenvalue weighted by Gasteiger charge is 2.35. The Hall–Kier alpha value is -2.06. The molecule has 2 fully saturated rings. The zero-order valence-electron chi connectivity index (χ0n) is 12.2. The molecule has 2 saturated heterocycles. The highest BCUT2D eigenvalue weighted by atomic mass is 16.5. The summed E-state index contributed by atoms with van der Waals surface area (Å²) in [6.45, 7) is 3.47. The molecule has 2 heterocycles. The van der Waals surface area contributed by atoms with E-state index in [1.807, 2.05) is 23.1 Å². The molecule has 5 nitrogen and oxygen atoms in total. The summed E-state index contributed by atoms with van der Waals surface area (Å²) >= 11 is 0. The normalized spacial score (nSPS) is 22.0. The molecule has 5 heteroatoms. The first-order valence-electron chi connectivity index (χ1n) is 7.30. The van der Waals surface area contributed by atoms with Crippen molar-refractivity contribution < 1.29 is 9.53 Å². The van der Waals surface area contributed by atoms with Gasteiger partial charge < -0.3 is 9.64 Å². The van der Waals surface area contributed by atoms with Crippen LogP contribution in [-0.2, 0) is 11.3 Å². The topological polar surface area (TPSA) is 56.6 Å². The number of carbonyl (C=O) groups is 1. The second-order valence-corrected chi connectivity index (χ2v) is 5.66. The molecule has 0 aromatic heterocycles. The molecule has 1 amide bonds. The minimum Gasteiger partial charge on any atom is -0.495 e. The standard InChI is InChI=1S/C16H19N3O2/c1-21-15-4-2-12(8-13(15)9-17)10-18-6-7-19-14(11-18)3-5-16(19)20/h2,4,8,14H,3,5-7,10-11H2,1H3. The number of fused-ring (bicyclic) bond motifs is 1. The molecular weight excluding hydrogens is 266 g/mol. The van der Waals surface area contributed by atoms with Crippen LogP contribution in [0.25, 0.3) is 0 Å². The zero-order chi connectivity index (χ0) is 14.8. The van der Waals surface area contributed by atoms with Crippen LogP contribution in [0, 0.1) is 11.3 Å². The number of rotatable bonds is 3. The number of nitrogens with zero attached hydrogens (tertiary/aromatic N) is 3. The van der Waals surface area contributed by atoms with Crippen LogP contribution in [0.3, 0.4) is 0 Å². The second-order valence-electron chi connectivity index (χ2n) is 5.66. The molecular formula is C16H19N3O2. The highest BCUT2D eigenvalue weighted by Crippen LogP contribution is 2.25. The van der Waals surface area contributed by atoms with Crippen molar-refractivity contribution in [3.63, 3.8) is 0 Å². The van der Waals surface area contributed by atoms with E-state index in [2.05, 4.69) is 11.0 Å². The Bertz CT molecular complexity index is 594. The van der Waals surface area contributed by atoms with Crippen molar-refractivity contribution in [2.24, 2.45) is 0 Å². The minimum atomic E-state index is 0.302. The van der Waals surface area contributed by atoms with E-state index in [-0.39, 0.29) is 0 Å². The first-order chi connectivity index (χ1) is 10.2. The maximum absolute atomic E-state index is 11.7. The van der Waals surface area contributed by atoms with Crippen LogP contribution in [0.5, 0.6) is 5.75 Å². The van der Waals surface area contributed by atoms with Gasteiger partial charge in [-0.15, -0.1) is 0 Å². The third-order valence-electron chi connectivity index (χ3n) is 4.37. The molecule has 2 aliphatic heterocycles. The molecule has 0 aliphatic carbocycles. The van der Waals surface area contributed by atoms with Gasteiger partial charge in [-0.25, -0.2) is 0 Å². The molecule has 1 atom stereocenters. The molecule has 21 heavy (non-hydrogen) atoms. The Labute approximate surface area is 124 Å². The highest BCUT2D eigenvalue weighted by molar-refractivity contribution is 5.78. The lowest BCUT2D eigenvalue weighted by Gasteiger charge is -2.37. The summed E-state index contributed by atoms with van der Waals surface area (Å²) < 4.78 is 5.17. The second kappa shape index (κ2) is 5.74. The number of hydrogen-bond donors (Lipinski definition) is 0. The number of amides is 1. The number of nitriles is 1. The number of ether oxygens (including phenoxy) is 1. The van der Waals surface area contributed by atoms with Gasteiger partial charge in [0.2, 0.25) is 5.91 Å². The van der Waals surface area contributed by atoms with Crippen molar-refractivity contribution in [2.45, 2.75) is 25.4 Å². The molecule has 0 saturated carbocycles. The molecule has 1 unspecified atom stereocenters. The molecule has 2 aliphatic rings. The van der Waals surface area contributed by atoms with Gasteiger partial charge in [0.1, 0.15) is 11.8 Å². The maximum atomic E-state index is 11.7. The third-order valence-corrected chi connectivity index (χ3v) is 4.37. The number of hydrogen-bond acceptors (Lipinski definition) is 4. The Morgan fingerprint density at radius 2 is 2.29 bits per heavy atom. The first kappa shape index (κ1) is 13.9. The Kier molecular flexibility index (Phi) is 3.80. The van der Waals surface area contributed by atoms with Gasteiger partial charge in [0.15, 0.2) is 0 Å². The van der Waals surface area contributed by atoms with Crippen molar-refractivity contribution in [3.05, 3.63) is 29.3 Å². The van der Waals surface area contributed by atoms with Crippen molar-refractivity contribution in [3.8, 4) is 11.8 Å². The van der Waals surface area contributed by atoms with Crippen LogP contribution in [-0.4, -0.2) is 48.5 Å². The quantitative estimate of drug-likeness (QED) is 0.842. The summed E-state index contributed by atoms with van der Waals surface area (Å²) in [5, 5.41) is 9.14. The van der Waals surface area contributed by atoms with Gasteiger partial charge >= 0.3 is 0 Å². The van der Waals surface area contributed by atoms with Crippen molar-refractivity contribution >= 4 is 5.91 Å². The number of methoxy groups -OCH3 is 1. The zero-order valence-corrected chi connectivity index (χ0v) is 12.2. The minimum absolute atomic E-state index is 0.302. The molecule has 0 spiro atoms. The molecule has 1 aromatic carbocycles. The summed E-state index contributed by atoms with van der Waals surface area (Å²) in [7, 11) is 1.58. The van der Waals surface area contributed by atoms with E-state index in [0.29, 0.717) is 29.7 Å². The lowest BCUT2D eigenvalue weighted by atomic mass is 10.1. The van der Waals surface area contributed by atoms with E-state index in [4.69, 9.17) is 10.00 Å². The number of benzene rings is 1. The molecule has 0 N–H and O–H groups in total. The van der Waals surface area contributed by atoms with E-state index in [9.17, 15) is 4.79 Å². The lowest BCUT2D eigenvalue weighted by molar-refractivity contribution is -0.130. The fourth-order valence-corrected chi connectivity index (χ4v) is 3.27. The summed E-state index contributed by atoms with van der Waals surface area (Å²) in [6, 6.07) is 8.30. The first-order valence-corrected chi connectivity index (χ1v) is 7.30. The van der Waals surface area contributed by atoms with Crippen molar-refractivity contribution in [1.29, 1.82) is 5.26 Å². The summed E-state index contributed by atoms with van der Waals surface area (Å²) in [4.78, 5) is 16.1. The predicted octanol–water partition coefficient (Wildman–Crippen LogP) is 1.37. The van der Waals surface area contributed by atoms with Gasteiger partial charge in [0, 0.05) is 38.6 Å². The van der Waals surface area contributed by atoms with E-state index in [1.54, 1.807) is 7.11 Å². The Morgan fingerprint density at radius 1 is 1.43 bits per heavy atom. The van der Waals surface area contributed by atoms with Gasteiger partial charge in [-0.2, -0.15) is 5.26 Å². The van der Waals surface area contributed by atoms with Crippen LogP contribution >= 0.6 is 0 Å². The summed E-state index contributed by atoms with van der Waals surface area (Å²) in [5.41, 5.74) is 1.69. The fourth-order valence-electron chi connectivity index (χ4n) is 3.27. The predicted molar refractivity (Wildman–Crippen MR) is 77.7 cm³/mol. The molecule has 3 rings (SSSR count). The molecule has 110 valence electrons. The molecule has 0 radical (unpaired) electrons. The monoisotopic (exact) mass is 285 g/mol. The Morgan fingerprint density at radius 3 is 3.05 bits per heavy atom. The number of piperazine rings is 1. The van der Waals surface area contributed by atoms with Crippen molar-refractivity contribution in [1.82, 2.24) is 9.80 Å². The van der Waals surface area contributed by atoms with Gasteiger partial charge in [-0.05, 0) is 24.1 Å². The van der Waals surface area contributed by atoms with Crippen LogP contribution in [0.2, 0.25) is 0 Å². The average molecular weight is 285 g/mol. The van der Waals surface area contributed by atoms with E-state index in [0.717, 1.165) is 38.2 Å². The summed E-state index contributed by atoms with van der Waals surface area (Å²) in [6.07, 6.45) is 1.67. The van der Waals surface area contributed by atoms with Gasteiger partial charge in [-0.3, -0.25) is 9.69 Å². The average Bonchev–Trinajstić information content (AvgIpc) is 2.88.